The van der Waals surface area contributed by atoms with Crippen LogP contribution in [0.1, 0.15) is 10.4 Å². The largest absolute Gasteiger partial charge is 0.368 e. The number of primary amides is 1. The molecule has 0 fully saturated rings. The lowest BCUT2D eigenvalue weighted by Crippen LogP contribution is -2.35. The number of nitrogens with two attached hydrogens (primary N) is 1. The number of nitrogens with zero attached hydrogens (tertiary/aromatic N) is 1. The molecule has 0 aliphatic rings. The van der Waals surface area contributed by atoms with Crippen LogP contribution in [0.25, 0.3) is 0 Å². The summed E-state index contributed by atoms with van der Waals surface area (Å²) in [5, 5.41) is 0.559. The first kappa shape index (κ1) is 11.5. The van der Waals surface area contributed by atoms with Gasteiger partial charge in [-0.25, -0.2) is 0 Å². The highest BCUT2D eigenvalue weighted by Gasteiger charge is 2.12. The lowest BCUT2D eigenvalue weighted by Gasteiger charge is -2.14. The number of carbonyl (C=O) groups is 2. The predicted molar refractivity (Wildman–Crippen MR) is 57.6 cm³/mol. The van der Waals surface area contributed by atoms with E-state index in [9.17, 15) is 9.59 Å². The average Bonchev–Trinajstić information content (AvgIpc) is 2.17. The van der Waals surface area contributed by atoms with E-state index in [1.54, 1.807) is 24.3 Å². The number of amides is 2. The van der Waals surface area contributed by atoms with Crippen molar-refractivity contribution in [2.75, 3.05) is 13.6 Å². The van der Waals surface area contributed by atoms with Gasteiger partial charge in [-0.2, -0.15) is 0 Å². The molecular formula is C10H11ClN2O2. The van der Waals surface area contributed by atoms with Crippen LogP contribution in [0.15, 0.2) is 24.3 Å². The number of benzene rings is 1. The van der Waals surface area contributed by atoms with Crippen LogP contribution in [0, 0.1) is 0 Å². The monoisotopic (exact) mass is 226 g/mol. The molecule has 1 rings (SSSR count). The zero-order chi connectivity index (χ0) is 11.4. The van der Waals surface area contributed by atoms with E-state index in [2.05, 4.69) is 0 Å². The molecule has 1 aromatic carbocycles. The van der Waals surface area contributed by atoms with Crippen LogP contribution in [-0.2, 0) is 4.79 Å². The van der Waals surface area contributed by atoms with Crippen molar-refractivity contribution in [1.82, 2.24) is 4.90 Å². The van der Waals surface area contributed by atoms with Gasteiger partial charge in [-0.3, -0.25) is 9.59 Å². The maximum absolute atomic E-state index is 11.7. The SMILES string of the molecule is CN(CC(N)=O)C(=O)c1ccc(Cl)cc1. The van der Waals surface area contributed by atoms with Gasteiger partial charge in [0.25, 0.3) is 5.91 Å². The molecule has 80 valence electrons. The van der Waals surface area contributed by atoms with Gasteiger partial charge >= 0.3 is 0 Å². The highest BCUT2D eigenvalue weighted by Crippen LogP contribution is 2.10. The fourth-order valence-electron chi connectivity index (χ4n) is 1.12. The molecule has 0 atom stereocenters. The van der Waals surface area contributed by atoms with E-state index in [-0.39, 0.29) is 12.5 Å². The van der Waals surface area contributed by atoms with Gasteiger partial charge in [-0.05, 0) is 24.3 Å². The third kappa shape index (κ3) is 3.25. The molecule has 0 bridgehead atoms. The van der Waals surface area contributed by atoms with Gasteiger partial charge in [0.15, 0.2) is 0 Å². The Morgan fingerprint density at radius 1 is 1.33 bits per heavy atom. The molecule has 2 amide bonds. The van der Waals surface area contributed by atoms with E-state index in [0.29, 0.717) is 10.6 Å². The zero-order valence-electron chi connectivity index (χ0n) is 8.24. The molecule has 0 heterocycles. The molecule has 4 nitrogen and oxygen atoms in total. The maximum Gasteiger partial charge on any atom is 0.254 e. The topological polar surface area (TPSA) is 63.4 Å². The Hall–Kier alpha value is -1.55. The molecule has 0 saturated carbocycles. The molecule has 0 saturated heterocycles. The van der Waals surface area contributed by atoms with Crippen molar-refractivity contribution in [3.05, 3.63) is 34.9 Å². The number of likely N-dealkylation sites (N-methyl/N-ethyl adjacent to an activating group) is 1. The van der Waals surface area contributed by atoms with E-state index < -0.39 is 5.91 Å². The van der Waals surface area contributed by atoms with Gasteiger partial charge in [-0.15, -0.1) is 0 Å². The summed E-state index contributed by atoms with van der Waals surface area (Å²) in [5.41, 5.74) is 5.45. The minimum Gasteiger partial charge on any atom is -0.368 e. The normalized spacial score (nSPS) is 9.73. The van der Waals surface area contributed by atoms with Crippen LogP contribution >= 0.6 is 11.6 Å². The maximum atomic E-state index is 11.7. The van der Waals surface area contributed by atoms with Gasteiger partial charge in [0.2, 0.25) is 5.91 Å². The molecular weight excluding hydrogens is 216 g/mol. The molecule has 0 aromatic heterocycles. The summed E-state index contributed by atoms with van der Waals surface area (Å²) in [7, 11) is 1.52. The smallest absolute Gasteiger partial charge is 0.254 e. The Morgan fingerprint density at radius 2 is 1.87 bits per heavy atom. The van der Waals surface area contributed by atoms with Crippen molar-refractivity contribution in [2.45, 2.75) is 0 Å². The molecule has 2 N–H and O–H groups in total. The van der Waals surface area contributed by atoms with Gasteiger partial charge in [-0.1, -0.05) is 11.6 Å². The van der Waals surface area contributed by atoms with E-state index in [4.69, 9.17) is 17.3 Å². The van der Waals surface area contributed by atoms with E-state index in [0.717, 1.165) is 0 Å². The molecule has 1 aromatic rings. The lowest BCUT2D eigenvalue weighted by atomic mass is 10.2. The summed E-state index contributed by atoms with van der Waals surface area (Å²) in [4.78, 5) is 23.5. The quantitative estimate of drug-likeness (QED) is 0.832. The molecule has 0 radical (unpaired) electrons. The molecule has 15 heavy (non-hydrogen) atoms. The van der Waals surface area contributed by atoms with Crippen LogP contribution < -0.4 is 5.73 Å². The van der Waals surface area contributed by atoms with Crippen molar-refractivity contribution < 1.29 is 9.59 Å². The fraction of sp³-hybridized carbons (Fsp3) is 0.200. The first-order valence-electron chi connectivity index (χ1n) is 4.30. The van der Waals surface area contributed by atoms with Gasteiger partial charge < -0.3 is 10.6 Å². The van der Waals surface area contributed by atoms with Crippen molar-refractivity contribution >= 4 is 23.4 Å². The third-order valence-corrected chi connectivity index (χ3v) is 2.08. The minimum absolute atomic E-state index is 0.0958. The standard InChI is InChI=1S/C10H11ClN2O2/c1-13(6-9(12)14)10(15)7-2-4-8(11)5-3-7/h2-5H,6H2,1H3,(H2,12,14). The van der Waals surface area contributed by atoms with E-state index >= 15 is 0 Å². The number of hydrogen-bond acceptors (Lipinski definition) is 2. The first-order chi connectivity index (χ1) is 7.00. The average molecular weight is 227 g/mol. The number of rotatable bonds is 3. The lowest BCUT2D eigenvalue weighted by molar-refractivity contribution is -0.118. The number of hydrogen-bond donors (Lipinski definition) is 1. The van der Waals surface area contributed by atoms with Gasteiger partial charge in [0.05, 0.1) is 6.54 Å². The first-order valence-corrected chi connectivity index (χ1v) is 4.68. The summed E-state index contributed by atoms with van der Waals surface area (Å²) in [6.45, 7) is -0.0958. The Morgan fingerprint density at radius 3 is 2.33 bits per heavy atom. The highest BCUT2D eigenvalue weighted by atomic mass is 35.5. The van der Waals surface area contributed by atoms with Gasteiger partial charge in [0.1, 0.15) is 0 Å². The summed E-state index contributed by atoms with van der Waals surface area (Å²) < 4.78 is 0. The molecule has 0 aliphatic heterocycles. The Balaban J connectivity index is 2.76. The van der Waals surface area contributed by atoms with Crippen LogP contribution in [0.3, 0.4) is 0 Å². The van der Waals surface area contributed by atoms with Crippen molar-refractivity contribution in [3.8, 4) is 0 Å². The zero-order valence-corrected chi connectivity index (χ0v) is 8.99. The van der Waals surface area contributed by atoms with Crippen LogP contribution in [0.5, 0.6) is 0 Å². The van der Waals surface area contributed by atoms with E-state index in [1.807, 2.05) is 0 Å². The second-order valence-corrected chi connectivity index (χ2v) is 3.57. The van der Waals surface area contributed by atoms with Crippen molar-refractivity contribution in [1.29, 1.82) is 0 Å². The van der Waals surface area contributed by atoms with Crippen LogP contribution in [0.2, 0.25) is 5.02 Å². The Bertz CT molecular complexity index is 376. The summed E-state index contributed by atoms with van der Waals surface area (Å²) in [6, 6.07) is 6.43. The summed E-state index contributed by atoms with van der Waals surface area (Å²) in [6.07, 6.45) is 0. The van der Waals surface area contributed by atoms with Crippen molar-refractivity contribution in [2.24, 2.45) is 5.73 Å². The molecule has 0 unspecified atom stereocenters. The number of halogens is 1. The summed E-state index contributed by atoms with van der Waals surface area (Å²) >= 11 is 5.68. The van der Waals surface area contributed by atoms with Crippen LogP contribution in [0.4, 0.5) is 0 Å². The summed E-state index contributed by atoms with van der Waals surface area (Å²) in [5.74, 6) is -0.801. The fourth-order valence-corrected chi connectivity index (χ4v) is 1.24. The molecule has 0 aliphatic carbocycles. The second-order valence-electron chi connectivity index (χ2n) is 3.13. The Kier molecular flexibility index (Phi) is 3.68. The molecule has 0 spiro atoms. The predicted octanol–water partition coefficient (Wildman–Crippen LogP) is 0.897. The van der Waals surface area contributed by atoms with Crippen LogP contribution in [-0.4, -0.2) is 30.3 Å². The highest BCUT2D eigenvalue weighted by molar-refractivity contribution is 6.30. The second kappa shape index (κ2) is 4.79. The number of carbonyl (C=O) groups excluding carboxylic acids is 2. The third-order valence-electron chi connectivity index (χ3n) is 1.83. The van der Waals surface area contributed by atoms with Crippen molar-refractivity contribution in [3.63, 3.8) is 0 Å². The minimum atomic E-state index is -0.542. The Labute approximate surface area is 92.6 Å². The molecule has 5 heteroatoms. The van der Waals surface area contributed by atoms with Gasteiger partial charge in [0, 0.05) is 17.6 Å². The van der Waals surface area contributed by atoms with E-state index in [1.165, 1.54) is 11.9 Å².